The topological polar surface area (TPSA) is 82.1 Å². The summed E-state index contributed by atoms with van der Waals surface area (Å²) in [5, 5.41) is 16.2. The summed E-state index contributed by atoms with van der Waals surface area (Å²) in [5.41, 5.74) is 0.790. The molecular formula is C14H11Cl2N2O3S-. The van der Waals surface area contributed by atoms with Crippen LogP contribution in [0.5, 0.6) is 0 Å². The SMILES string of the molecule is C[C@@H](C(=O)Nc1cc(Cl)ccc1Cl)c1nc(CC(=O)[O-])cs1. The molecule has 2 aromatic rings. The molecule has 8 heteroatoms. The molecule has 22 heavy (non-hydrogen) atoms. The van der Waals surface area contributed by atoms with Gasteiger partial charge >= 0.3 is 0 Å². The molecule has 116 valence electrons. The van der Waals surface area contributed by atoms with E-state index < -0.39 is 11.9 Å². The zero-order valence-electron chi connectivity index (χ0n) is 11.4. The summed E-state index contributed by atoms with van der Waals surface area (Å²) in [6, 6.07) is 4.76. The van der Waals surface area contributed by atoms with Gasteiger partial charge in [-0.3, -0.25) is 4.79 Å². The second-order valence-corrected chi connectivity index (χ2v) is 6.29. The Kier molecular flexibility index (Phi) is 5.39. The van der Waals surface area contributed by atoms with Crippen molar-refractivity contribution in [2.45, 2.75) is 19.3 Å². The Bertz CT molecular complexity index is 718. The number of rotatable bonds is 5. The molecule has 0 fully saturated rings. The van der Waals surface area contributed by atoms with E-state index in [-0.39, 0.29) is 12.3 Å². The fraction of sp³-hybridized carbons (Fsp3) is 0.214. The van der Waals surface area contributed by atoms with Gasteiger partial charge in [0.05, 0.1) is 22.3 Å². The van der Waals surface area contributed by atoms with Crippen molar-refractivity contribution in [1.29, 1.82) is 0 Å². The number of anilines is 1. The Labute approximate surface area is 140 Å². The number of carbonyl (C=O) groups is 2. The number of halogens is 2. The summed E-state index contributed by atoms with van der Waals surface area (Å²) in [6.07, 6.45) is -0.273. The third-order valence-corrected chi connectivity index (χ3v) is 4.49. The summed E-state index contributed by atoms with van der Waals surface area (Å²) in [4.78, 5) is 26.9. The molecule has 5 nitrogen and oxygen atoms in total. The van der Waals surface area contributed by atoms with Gasteiger partial charge in [-0.05, 0) is 25.1 Å². The number of carboxylic acid groups (broad SMARTS) is 1. The zero-order valence-corrected chi connectivity index (χ0v) is 13.8. The molecule has 0 aliphatic carbocycles. The lowest BCUT2D eigenvalue weighted by Gasteiger charge is -2.11. The lowest BCUT2D eigenvalue weighted by atomic mass is 10.1. The number of aromatic nitrogens is 1. The lowest BCUT2D eigenvalue weighted by Crippen LogP contribution is -2.24. The van der Waals surface area contributed by atoms with Gasteiger partial charge < -0.3 is 15.2 Å². The van der Waals surface area contributed by atoms with Crippen molar-refractivity contribution in [3.63, 3.8) is 0 Å². The fourth-order valence-corrected chi connectivity index (χ4v) is 2.91. The summed E-state index contributed by atoms with van der Waals surface area (Å²) in [7, 11) is 0. The number of hydrogen-bond donors (Lipinski definition) is 1. The minimum atomic E-state index is -1.21. The average molecular weight is 358 g/mol. The van der Waals surface area contributed by atoms with Crippen LogP contribution in [0.2, 0.25) is 10.0 Å². The van der Waals surface area contributed by atoms with Crippen LogP contribution in [-0.4, -0.2) is 16.9 Å². The fourth-order valence-electron chi connectivity index (χ4n) is 1.70. The molecular weight excluding hydrogens is 347 g/mol. The van der Waals surface area contributed by atoms with Gasteiger partial charge in [-0.15, -0.1) is 11.3 Å². The monoisotopic (exact) mass is 357 g/mol. The van der Waals surface area contributed by atoms with Gasteiger partial charge in [-0.25, -0.2) is 4.98 Å². The van der Waals surface area contributed by atoms with Crippen LogP contribution in [0, 0.1) is 0 Å². The highest BCUT2D eigenvalue weighted by Gasteiger charge is 2.20. The summed E-state index contributed by atoms with van der Waals surface area (Å²) in [5.74, 6) is -2.06. The molecule has 0 radical (unpaired) electrons. The molecule has 1 atom stereocenters. The second-order valence-electron chi connectivity index (χ2n) is 4.56. The summed E-state index contributed by atoms with van der Waals surface area (Å²) >= 11 is 13.1. The van der Waals surface area contributed by atoms with E-state index in [0.29, 0.717) is 26.4 Å². The smallest absolute Gasteiger partial charge is 0.234 e. The predicted octanol–water partition coefficient (Wildman–Crippen LogP) is 2.48. The third-order valence-electron chi connectivity index (χ3n) is 2.84. The van der Waals surface area contributed by atoms with Crippen LogP contribution in [0.15, 0.2) is 23.6 Å². The van der Waals surface area contributed by atoms with Gasteiger partial charge in [-0.1, -0.05) is 23.2 Å². The normalized spacial score (nSPS) is 12.0. The molecule has 1 heterocycles. The standard InChI is InChI=1S/C14H12Cl2N2O3S/c1-7(14-17-9(6-22-14)5-12(19)20)13(21)18-11-4-8(15)2-3-10(11)16/h2-4,6-7H,5H2,1H3,(H,18,21)(H,19,20)/p-1/t7-/m0/s1. The molecule has 0 saturated heterocycles. The minimum Gasteiger partial charge on any atom is -0.550 e. The van der Waals surface area contributed by atoms with Crippen LogP contribution in [0.4, 0.5) is 5.69 Å². The van der Waals surface area contributed by atoms with Crippen LogP contribution in [0.3, 0.4) is 0 Å². The first-order valence-electron chi connectivity index (χ1n) is 6.27. The maximum atomic E-state index is 12.2. The lowest BCUT2D eigenvalue weighted by molar-refractivity contribution is -0.304. The van der Waals surface area contributed by atoms with E-state index in [0.717, 1.165) is 0 Å². The molecule has 1 N–H and O–H groups in total. The van der Waals surface area contributed by atoms with E-state index in [1.54, 1.807) is 30.5 Å². The predicted molar refractivity (Wildman–Crippen MR) is 84.3 cm³/mol. The first-order valence-corrected chi connectivity index (χ1v) is 7.90. The summed E-state index contributed by atoms with van der Waals surface area (Å²) in [6.45, 7) is 1.68. The number of hydrogen-bond acceptors (Lipinski definition) is 5. The first kappa shape index (κ1) is 16.7. The number of carboxylic acids is 1. The molecule has 1 aromatic heterocycles. The van der Waals surface area contributed by atoms with E-state index in [2.05, 4.69) is 10.3 Å². The Hall–Kier alpha value is -1.63. The quantitative estimate of drug-likeness (QED) is 0.890. The Balaban J connectivity index is 2.10. The maximum Gasteiger partial charge on any atom is 0.234 e. The molecule has 1 aromatic carbocycles. The first-order chi connectivity index (χ1) is 10.4. The van der Waals surface area contributed by atoms with Crippen molar-refractivity contribution < 1.29 is 14.7 Å². The van der Waals surface area contributed by atoms with Crippen molar-refractivity contribution in [3.8, 4) is 0 Å². The van der Waals surface area contributed by atoms with Gasteiger partial charge in [-0.2, -0.15) is 0 Å². The van der Waals surface area contributed by atoms with E-state index >= 15 is 0 Å². The van der Waals surface area contributed by atoms with Gasteiger partial charge in [0.1, 0.15) is 5.01 Å². The van der Waals surface area contributed by atoms with E-state index in [1.165, 1.54) is 11.3 Å². The highest BCUT2D eigenvalue weighted by atomic mass is 35.5. The second kappa shape index (κ2) is 7.09. The molecule has 0 spiro atoms. The Morgan fingerprint density at radius 3 is 2.82 bits per heavy atom. The molecule has 1 amide bonds. The van der Waals surface area contributed by atoms with Crippen molar-refractivity contribution in [1.82, 2.24) is 4.98 Å². The number of nitrogens with zero attached hydrogens (tertiary/aromatic N) is 1. The molecule has 0 bridgehead atoms. The number of nitrogens with one attached hydrogen (secondary N) is 1. The van der Waals surface area contributed by atoms with Crippen LogP contribution in [0.25, 0.3) is 0 Å². The summed E-state index contributed by atoms with van der Waals surface area (Å²) < 4.78 is 0. The third kappa shape index (κ3) is 4.19. The van der Waals surface area contributed by atoms with Crippen molar-refractivity contribution >= 4 is 52.1 Å². The molecule has 0 aliphatic rings. The maximum absolute atomic E-state index is 12.2. The number of carbonyl (C=O) groups excluding carboxylic acids is 2. The van der Waals surface area contributed by atoms with Crippen LogP contribution in [-0.2, 0) is 16.0 Å². The molecule has 2 rings (SSSR count). The number of aliphatic carboxylic acids is 1. The van der Waals surface area contributed by atoms with E-state index in [4.69, 9.17) is 23.2 Å². The number of thiazole rings is 1. The van der Waals surface area contributed by atoms with Gasteiger partial charge in [0.2, 0.25) is 5.91 Å². The van der Waals surface area contributed by atoms with Crippen LogP contribution >= 0.6 is 34.5 Å². The van der Waals surface area contributed by atoms with E-state index in [9.17, 15) is 14.7 Å². The van der Waals surface area contributed by atoms with Crippen LogP contribution in [0.1, 0.15) is 23.5 Å². The highest BCUT2D eigenvalue weighted by Crippen LogP contribution is 2.27. The van der Waals surface area contributed by atoms with Crippen molar-refractivity contribution in [3.05, 3.63) is 44.3 Å². The molecule has 0 saturated carbocycles. The van der Waals surface area contributed by atoms with Gasteiger partial charge in [0, 0.05) is 22.8 Å². The Morgan fingerprint density at radius 1 is 1.41 bits per heavy atom. The Morgan fingerprint density at radius 2 is 2.14 bits per heavy atom. The molecule has 0 aliphatic heterocycles. The number of amides is 1. The van der Waals surface area contributed by atoms with Crippen molar-refractivity contribution in [2.24, 2.45) is 0 Å². The van der Waals surface area contributed by atoms with Crippen molar-refractivity contribution in [2.75, 3.05) is 5.32 Å². The van der Waals surface area contributed by atoms with Gasteiger partial charge in [0.25, 0.3) is 0 Å². The van der Waals surface area contributed by atoms with E-state index in [1.807, 2.05) is 0 Å². The average Bonchev–Trinajstić information content (AvgIpc) is 2.89. The minimum absolute atomic E-state index is 0.273. The number of benzene rings is 1. The molecule has 0 unspecified atom stereocenters. The largest absolute Gasteiger partial charge is 0.550 e. The highest BCUT2D eigenvalue weighted by molar-refractivity contribution is 7.09. The zero-order chi connectivity index (χ0) is 16.3. The van der Waals surface area contributed by atoms with Crippen LogP contribution < -0.4 is 10.4 Å². The van der Waals surface area contributed by atoms with Gasteiger partial charge in [0.15, 0.2) is 0 Å².